The lowest BCUT2D eigenvalue weighted by Crippen LogP contribution is -2.17. The van der Waals surface area contributed by atoms with E-state index in [4.69, 9.17) is 0 Å². The lowest BCUT2D eigenvalue weighted by atomic mass is 10.1. The van der Waals surface area contributed by atoms with Crippen LogP contribution in [-0.4, -0.2) is 27.3 Å². The standard InChI is InChI=1S/C28H23N3O2/c1-33-25-7-4-5-20(17-25)19-31-26-8-3-2-6-23(26)18-27(31)28(32)30-24-11-9-21(10-12-24)22-13-15-29-16-14-22/h2-18H,19H2,1H3,(H,30,32)/p+1. The van der Waals surface area contributed by atoms with Gasteiger partial charge in [-0.3, -0.25) is 9.78 Å². The van der Waals surface area contributed by atoms with Crippen LogP contribution in [0.5, 0.6) is 5.75 Å². The summed E-state index contributed by atoms with van der Waals surface area (Å²) in [6, 6.07) is 29.9. The number of carbonyl (C=O) groups excluding carboxylic acids is 1. The Morgan fingerprint density at radius 2 is 1.64 bits per heavy atom. The van der Waals surface area contributed by atoms with Gasteiger partial charge in [-0.05, 0) is 53.1 Å². The average molecular weight is 435 g/mol. The summed E-state index contributed by atoms with van der Waals surface area (Å²) < 4.78 is 6.33. The van der Waals surface area contributed by atoms with E-state index in [0.29, 0.717) is 12.2 Å². The minimum atomic E-state index is -0.140. The number of anilines is 1. The largest absolute Gasteiger partial charge is 0.585 e. The second-order valence-electron chi connectivity index (χ2n) is 7.84. The van der Waals surface area contributed by atoms with E-state index in [1.165, 1.54) is 0 Å². The first-order valence-electron chi connectivity index (χ1n) is 10.8. The maximum absolute atomic E-state index is 13.3. The zero-order valence-corrected chi connectivity index (χ0v) is 18.3. The Balaban J connectivity index is 1.44. The van der Waals surface area contributed by atoms with Gasteiger partial charge in [0.25, 0.3) is 11.7 Å². The Bertz CT molecular complexity index is 1410. The number of amides is 1. The lowest BCUT2D eigenvalue weighted by Gasteiger charge is -2.12. The number of hydrogen-bond donors (Lipinski definition) is 1. The Morgan fingerprint density at radius 1 is 0.879 bits per heavy atom. The van der Waals surface area contributed by atoms with Crippen LogP contribution >= 0.6 is 0 Å². The number of aliphatic hydroxyl groups is 1. The molecule has 0 aliphatic carbocycles. The topological polar surface area (TPSA) is 59.7 Å². The van der Waals surface area contributed by atoms with Crippen LogP contribution < -0.4 is 5.32 Å². The van der Waals surface area contributed by atoms with Crippen molar-refractivity contribution >= 4 is 22.5 Å². The molecule has 33 heavy (non-hydrogen) atoms. The van der Waals surface area contributed by atoms with Crippen molar-refractivity contribution in [1.29, 1.82) is 0 Å². The zero-order valence-electron chi connectivity index (χ0n) is 18.3. The van der Waals surface area contributed by atoms with Gasteiger partial charge in [0.1, 0.15) is 5.69 Å². The van der Waals surface area contributed by atoms with Crippen LogP contribution in [0.4, 0.5) is 5.69 Å². The third-order valence-corrected chi connectivity index (χ3v) is 5.71. The van der Waals surface area contributed by atoms with Crippen LogP contribution in [0.15, 0.2) is 103 Å². The monoisotopic (exact) mass is 434 g/mol. The lowest BCUT2D eigenvalue weighted by molar-refractivity contribution is 0.101. The summed E-state index contributed by atoms with van der Waals surface area (Å²) in [6.45, 7) is 0.584. The highest BCUT2D eigenvalue weighted by atomic mass is 16.5. The zero-order chi connectivity index (χ0) is 22.6. The van der Waals surface area contributed by atoms with Gasteiger partial charge in [0, 0.05) is 47.7 Å². The number of carbonyl (C=O) groups is 1. The second-order valence-corrected chi connectivity index (χ2v) is 7.84. The predicted molar refractivity (Wildman–Crippen MR) is 133 cm³/mol. The highest BCUT2D eigenvalue weighted by molar-refractivity contribution is 6.06. The number of pyridine rings is 1. The van der Waals surface area contributed by atoms with Crippen molar-refractivity contribution in [3.05, 3.63) is 115 Å². The van der Waals surface area contributed by atoms with Crippen molar-refractivity contribution in [1.82, 2.24) is 9.55 Å². The Morgan fingerprint density at radius 3 is 2.42 bits per heavy atom. The third kappa shape index (κ3) is 4.34. The second kappa shape index (κ2) is 9.01. The van der Waals surface area contributed by atoms with Crippen LogP contribution in [0.25, 0.3) is 22.0 Å². The number of rotatable bonds is 6. The van der Waals surface area contributed by atoms with Gasteiger partial charge >= 0.3 is 0 Å². The van der Waals surface area contributed by atoms with Gasteiger partial charge in [0.2, 0.25) is 0 Å². The molecule has 0 fully saturated rings. The SMILES string of the molecule is C[OH+]c1cccc(Cn2c(C(=O)Nc3ccc(-c4ccncc4)cc3)cc3ccccc32)c1. The van der Waals surface area contributed by atoms with Crippen molar-refractivity contribution < 1.29 is 9.53 Å². The van der Waals surface area contributed by atoms with E-state index in [-0.39, 0.29) is 5.91 Å². The van der Waals surface area contributed by atoms with Crippen LogP contribution in [0, 0.1) is 0 Å². The fourth-order valence-corrected chi connectivity index (χ4v) is 4.03. The highest BCUT2D eigenvalue weighted by Gasteiger charge is 2.16. The summed E-state index contributed by atoms with van der Waals surface area (Å²) >= 11 is 0. The smallest absolute Gasteiger partial charge is 0.272 e. The molecule has 5 aromatic rings. The summed E-state index contributed by atoms with van der Waals surface area (Å²) in [5, 5.41) is 4.09. The van der Waals surface area contributed by atoms with Crippen molar-refractivity contribution in [2.75, 3.05) is 12.4 Å². The fraction of sp³-hybridized carbons (Fsp3) is 0.0714. The maximum Gasteiger partial charge on any atom is 0.272 e. The molecule has 0 radical (unpaired) electrons. The molecule has 5 rings (SSSR count). The minimum absolute atomic E-state index is 0.140. The molecule has 0 saturated heterocycles. The summed E-state index contributed by atoms with van der Waals surface area (Å²) in [7, 11) is 1.78. The van der Waals surface area contributed by atoms with Gasteiger partial charge in [0.15, 0.2) is 7.11 Å². The molecule has 0 unspecified atom stereocenters. The number of aromatic nitrogens is 2. The third-order valence-electron chi connectivity index (χ3n) is 5.71. The Kier molecular flexibility index (Phi) is 5.60. The molecule has 0 bridgehead atoms. The molecule has 1 amide bonds. The van der Waals surface area contributed by atoms with Gasteiger partial charge in [-0.2, -0.15) is 0 Å². The number of nitrogens with zero attached hydrogens (tertiary/aromatic N) is 2. The molecule has 2 N–H and O–H groups in total. The van der Waals surface area contributed by atoms with E-state index in [1.807, 2.05) is 84.9 Å². The van der Waals surface area contributed by atoms with E-state index in [2.05, 4.69) is 25.7 Å². The molecule has 0 atom stereocenters. The summed E-state index contributed by atoms with van der Waals surface area (Å²) in [6.07, 6.45) is 3.54. The normalized spacial score (nSPS) is 10.8. The van der Waals surface area contributed by atoms with Crippen LogP contribution in [0.3, 0.4) is 0 Å². The molecule has 5 nitrogen and oxygen atoms in total. The van der Waals surface area contributed by atoms with E-state index in [0.717, 1.165) is 39.0 Å². The molecule has 0 spiro atoms. The molecular formula is C28H24N3O2+. The Hall–Kier alpha value is -4.38. The number of para-hydroxylation sites is 1. The minimum Gasteiger partial charge on any atom is -0.585 e. The molecule has 2 heterocycles. The first-order valence-corrected chi connectivity index (χ1v) is 10.8. The number of hydrogen-bond acceptors (Lipinski definition) is 2. The number of fused-ring (bicyclic) bond motifs is 1. The predicted octanol–water partition coefficient (Wildman–Crippen LogP) is 5.88. The van der Waals surface area contributed by atoms with Gasteiger partial charge in [-0.1, -0.05) is 42.5 Å². The molecule has 3 aromatic carbocycles. The van der Waals surface area contributed by atoms with Crippen LogP contribution in [-0.2, 0) is 6.54 Å². The molecule has 0 aliphatic heterocycles. The summed E-state index contributed by atoms with van der Waals surface area (Å²) in [4.78, 5) is 17.4. The van der Waals surface area contributed by atoms with Gasteiger partial charge in [0.05, 0.1) is 0 Å². The number of ether oxygens (including phenoxy) is 1. The highest BCUT2D eigenvalue weighted by Crippen LogP contribution is 2.25. The first kappa shape index (κ1) is 20.5. The fourth-order valence-electron chi connectivity index (χ4n) is 4.03. The average Bonchev–Trinajstić information content (AvgIpc) is 3.24. The number of nitrogens with one attached hydrogen (secondary N) is 1. The maximum atomic E-state index is 13.3. The molecule has 0 saturated carbocycles. The van der Waals surface area contributed by atoms with Crippen molar-refractivity contribution in [3.63, 3.8) is 0 Å². The first-order chi connectivity index (χ1) is 16.2. The molecule has 0 aliphatic rings. The van der Waals surface area contributed by atoms with E-state index < -0.39 is 0 Å². The van der Waals surface area contributed by atoms with E-state index >= 15 is 0 Å². The van der Waals surface area contributed by atoms with Gasteiger partial charge in [-0.15, -0.1) is 0 Å². The molecule has 162 valence electrons. The van der Waals surface area contributed by atoms with E-state index in [9.17, 15) is 4.79 Å². The van der Waals surface area contributed by atoms with Crippen molar-refractivity contribution in [2.24, 2.45) is 0 Å². The molecule has 5 heteroatoms. The summed E-state index contributed by atoms with van der Waals surface area (Å²) in [5.41, 5.74) is 5.65. The summed E-state index contributed by atoms with van der Waals surface area (Å²) in [5.74, 6) is 0.781. The van der Waals surface area contributed by atoms with E-state index in [1.54, 1.807) is 19.5 Å². The van der Waals surface area contributed by atoms with Crippen LogP contribution in [0.1, 0.15) is 16.1 Å². The number of benzene rings is 3. The van der Waals surface area contributed by atoms with Crippen LogP contribution in [0.2, 0.25) is 0 Å². The van der Waals surface area contributed by atoms with Crippen molar-refractivity contribution in [3.8, 4) is 16.9 Å². The van der Waals surface area contributed by atoms with Gasteiger partial charge < -0.3 is 14.6 Å². The quantitative estimate of drug-likeness (QED) is 0.340. The van der Waals surface area contributed by atoms with Crippen molar-refractivity contribution in [2.45, 2.75) is 6.54 Å². The molecule has 2 aromatic heterocycles. The van der Waals surface area contributed by atoms with Gasteiger partial charge in [-0.25, -0.2) is 0 Å². The molecular weight excluding hydrogens is 410 g/mol. The number of aromatic hydroxyl groups is 1. The Labute approximate surface area is 192 Å².